The lowest BCUT2D eigenvalue weighted by Gasteiger charge is -2.12. The number of phosphoric acid groups is 1. The maximum atomic E-state index is 10.8. The molecule has 0 unspecified atom stereocenters. The molecule has 0 aliphatic rings. The number of nitrogens with one attached hydrogen (secondary N) is 1. The highest BCUT2D eigenvalue weighted by molar-refractivity contribution is 7.46. The van der Waals surface area contributed by atoms with Crippen LogP contribution in [-0.2, 0) is 15.8 Å². The zero-order valence-corrected chi connectivity index (χ0v) is 10.9. The molecular formula is C10H12NO8P. The molecule has 5 N–H and O–H groups in total. The quantitative estimate of drug-likeness (QED) is 0.474. The van der Waals surface area contributed by atoms with E-state index in [9.17, 15) is 14.2 Å². The standard InChI is InChI=1S/C10H12NO8P/c12-9(13)8(11-10(14)15)5-6-1-3-7(4-2-6)19-20(16,17)18/h1-4,8,11H,5H2,(H,12,13)(H,14,15)(H2,16,17,18)/t8-/m0/s1. The Bertz CT molecular complexity index is 537. The highest BCUT2D eigenvalue weighted by Gasteiger charge is 2.20. The number of rotatable bonds is 6. The van der Waals surface area contributed by atoms with Crippen molar-refractivity contribution < 1.29 is 38.7 Å². The second kappa shape index (κ2) is 6.38. The smallest absolute Gasteiger partial charge is 0.480 e. The van der Waals surface area contributed by atoms with E-state index in [0.29, 0.717) is 5.56 Å². The Morgan fingerprint density at radius 3 is 2.15 bits per heavy atom. The molecule has 0 fully saturated rings. The van der Waals surface area contributed by atoms with Gasteiger partial charge in [-0.05, 0) is 17.7 Å². The van der Waals surface area contributed by atoms with Crippen LogP contribution in [0.15, 0.2) is 24.3 Å². The molecule has 0 bridgehead atoms. The number of carboxylic acid groups (broad SMARTS) is 2. The Hall–Kier alpha value is -2.09. The molecule has 110 valence electrons. The highest BCUT2D eigenvalue weighted by Crippen LogP contribution is 2.37. The van der Waals surface area contributed by atoms with Gasteiger partial charge < -0.3 is 20.1 Å². The number of amides is 1. The molecule has 20 heavy (non-hydrogen) atoms. The molecule has 0 heterocycles. The zero-order chi connectivity index (χ0) is 15.3. The second-order valence-corrected chi connectivity index (χ2v) is 4.93. The lowest BCUT2D eigenvalue weighted by molar-refractivity contribution is -0.139. The van der Waals surface area contributed by atoms with Gasteiger partial charge in [-0.25, -0.2) is 14.2 Å². The molecule has 0 saturated heterocycles. The number of aliphatic carboxylic acids is 1. The molecular weight excluding hydrogens is 293 g/mol. The maximum Gasteiger partial charge on any atom is 0.524 e. The van der Waals surface area contributed by atoms with E-state index in [4.69, 9.17) is 20.0 Å². The van der Waals surface area contributed by atoms with Crippen LogP contribution in [0.5, 0.6) is 5.75 Å². The third-order valence-electron chi connectivity index (χ3n) is 2.18. The minimum Gasteiger partial charge on any atom is -0.480 e. The van der Waals surface area contributed by atoms with E-state index >= 15 is 0 Å². The van der Waals surface area contributed by atoms with E-state index in [2.05, 4.69) is 4.52 Å². The van der Waals surface area contributed by atoms with Crippen molar-refractivity contribution in [3.05, 3.63) is 29.8 Å². The van der Waals surface area contributed by atoms with Gasteiger partial charge in [0.1, 0.15) is 11.8 Å². The van der Waals surface area contributed by atoms with Crippen LogP contribution >= 0.6 is 7.82 Å². The fourth-order valence-corrected chi connectivity index (χ4v) is 1.80. The van der Waals surface area contributed by atoms with Crippen molar-refractivity contribution in [1.29, 1.82) is 0 Å². The summed E-state index contributed by atoms with van der Waals surface area (Å²) in [5.74, 6) is -1.41. The summed E-state index contributed by atoms with van der Waals surface area (Å²) in [6.45, 7) is 0. The van der Waals surface area contributed by atoms with Crippen LogP contribution in [0, 0.1) is 0 Å². The van der Waals surface area contributed by atoms with Crippen LogP contribution in [0.1, 0.15) is 5.56 Å². The van der Waals surface area contributed by atoms with E-state index in [-0.39, 0.29) is 12.2 Å². The van der Waals surface area contributed by atoms with Gasteiger partial charge in [0.25, 0.3) is 0 Å². The number of hydrogen-bond acceptors (Lipinski definition) is 4. The minimum absolute atomic E-state index is 0.0832. The van der Waals surface area contributed by atoms with Gasteiger partial charge in [0, 0.05) is 6.42 Å². The second-order valence-electron chi connectivity index (χ2n) is 3.77. The van der Waals surface area contributed by atoms with Crippen LogP contribution in [0.4, 0.5) is 4.79 Å². The summed E-state index contributed by atoms with van der Waals surface area (Å²) >= 11 is 0. The lowest BCUT2D eigenvalue weighted by atomic mass is 10.1. The lowest BCUT2D eigenvalue weighted by Crippen LogP contribution is -2.41. The fraction of sp³-hybridized carbons (Fsp3) is 0.200. The molecule has 0 aliphatic heterocycles. The third-order valence-corrected chi connectivity index (χ3v) is 2.63. The van der Waals surface area contributed by atoms with Gasteiger partial charge in [0.15, 0.2) is 0 Å². The Morgan fingerprint density at radius 1 is 1.20 bits per heavy atom. The molecule has 0 spiro atoms. The fourth-order valence-electron chi connectivity index (χ4n) is 1.41. The van der Waals surface area contributed by atoms with Crippen molar-refractivity contribution in [3.63, 3.8) is 0 Å². The largest absolute Gasteiger partial charge is 0.524 e. The molecule has 1 aromatic rings. The summed E-state index contributed by atoms with van der Waals surface area (Å²) in [4.78, 5) is 38.5. The summed E-state index contributed by atoms with van der Waals surface area (Å²) < 4.78 is 14.9. The molecule has 1 atom stereocenters. The van der Waals surface area contributed by atoms with Gasteiger partial charge in [0.2, 0.25) is 0 Å². The predicted molar refractivity (Wildman–Crippen MR) is 65.4 cm³/mol. The van der Waals surface area contributed by atoms with Gasteiger partial charge in [-0.15, -0.1) is 0 Å². The van der Waals surface area contributed by atoms with E-state index in [1.807, 2.05) is 5.32 Å². The van der Waals surface area contributed by atoms with Gasteiger partial charge in [-0.2, -0.15) is 0 Å². The number of benzene rings is 1. The van der Waals surface area contributed by atoms with Crippen molar-refractivity contribution in [3.8, 4) is 5.75 Å². The summed E-state index contributed by atoms with van der Waals surface area (Å²) in [6, 6.07) is 3.93. The predicted octanol–water partition coefficient (Wildman–Crippen LogP) is 0.421. The average Bonchev–Trinajstić information content (AvgIpc) is 2.28. The summed E-state index contributed by atoms with van der Waals surface area (Å²) in [6.07, 6.45) is -1.57. The first-order chi connectivity index (χ1) is 9.17. The van der Waals surface area contributed by atoms with Gasteiger partial charge in [-0.1, -0.05) is 12.1 Å². The van der Waals surface area contributed by atoms with Crippen molar-refractivity contribution in [2.45, 2.75) is 12.5 Å². The molecule has 10 heteroatoms. The zero-order valence-electron chi connectivity index (χ0n) is 9.96. The number of phosphoric ester groups is 1. The molecule has 1 aromatic carbocycles. The van der Waals surface area contributed by atoms with E-state index in [1.165, 1.54) is 24.3 Å². The van der Waals surface area contributed by atoms with Crippen molar-refractivity contribution in [2.75, 3.05) is 0 Å². The highest BCUT2D eigenvalue weighted by atomic mass is 31.2. The normalized spacial score (nSPS) is 12.5. The number of carbonyl (C=O) groups is 2. The van der Waals surface area contributed by atoms with Gasteiger partial charge in [0.05, 0.1) is 0 Å². The molecule has 1 rings (SSSR count). The molecule has 0 aromatic heterocycles. The van der Waals surface area contributed by atoms with Crippen LogP contribution in [0.2, 0.25) is 0 Å². The van der Waals surface area contributed by atoms with Crippen molar-refractivity contribution >= 4 is 19.9 Å². The first-order valence-corrected chi connectivity index (χ1v) is 6.77. The van der Waals surface area contributed by atoms with Gasteiger partial charge >= 0.3 is 19.9 Å². The number of carboxylic acids is 1. The van der Waals surface area contributed by atoms with Crippen molar-refractivity contribution in [1.82, 2.24) is 5.32 Å². The Morgan fingerprint density at radius 2 is 1.75 bits per heavy atom. The van der Waals surface area contributed by atoms with Crippen LogP contribution in [0.3, 0.4) is 0 Å². The van der Waals surface area contributed by atoms with Crippen LogP contribution in [0.25, 0.3) is 0 Å². The Labute approximate surface area is 113 Å². The van der Waals surface area contributed by atoms with E-state index in [0.717, 1.165) is 0 Å². The first-order valence-electron chi connectivity index (χ1n) is 5.24. The Balaban J connectivity index is 2.75. The number of hydrogen-bond donors (Lipinski definition) is 5. The van der Waals surface area contributed by atoms with E-state index in [1.54, 1.807) is 0 Å². The summed E-state index contributed by atoms with van der Waals surface area (Å²) in [5.41, 5.74) is 0.462. The maximum absolute atomic E-state index is 10.8. The SMILES string of the molecule is O=C(O)N[C@@H](Cc1ccc(OP(=O)(O)O)cc1)C(=O)O. The minimum atomic E-state index is -4.65. The van der Waals surface area contributed by atoms with Crippen LogP contribution < -0.4 is 9.84 Å². The Kier molecular flexibility index (Phi) is 5.09. The molecule has 9 nitrogen and oxygen atoms in total. The summed E-state index contributed by atoms with van der Waals surface area (Å²) in [7, 11) is -4.65. The topological polar surface area (TPSA) is 153 Å². The average molecular weight is 305 g/mol. The molecule has 1 amide bonds. The molecule has 0 radical (unpaired) electrons. The monoisotopic (exact) mass is 305 g/mol. The third kappa shape index (κ3) is 5.70. The first kappa shape index (κ1) is 16.0. The van der Waals surface area contributed by atoms with E-state index < -0.39 is 25.9 Å². The molecule has 0 saturated carbocycles. The molecule has 0 aliphatic carbocycles. The van der Waals surface area contributed by atoms with Crippen LogP contribution in [-0.4, -0.2) is 38.1 Å². The summed E-state index contributed by atoms with van der Waals surface area (Å²) in [5, 5.41) is 19.2. The van der Waals surface area contributed by atoms with Crippen molar-refractivity contribution in [2.24, 2.45) is 0 Å². The van der Waals surface area contributed by atoms with Gasteiger partial charge in [-0.3, -0.25) is 9.79 Å².